The van der Waals surface area contributed by atoms with Crippen LogP contribution in [0.15, 0.2) is 6.20 Å². The molecule has 0 aliphatic heterocycles. The Bertz CT molecular complexity index is 434. The molecule has 0 aliphatic rings. The van der Waals surface area contributed by atoms with E-state index >= 15 is 0 Å². The van der Waals surface area contributed by atoms with Gasteiger partial charge in [0.2, 0.25) is 0 Å². The molecule has 5 heteroatoms. The van der Waals surface area contributed by atoms with Crippen LogP contribution in [0.4, 0.5) is 0 Å². The maximum absolute atomic E-state index is 5.81. The van der Waals surface area contributed by atoms with Crippen molar-refractivity contribution in [1.82, 2.24) is 20.0 Å². The van der Waals surface area contributed by atoms with Crippen molar-refractivity contribution in [1.29, 1.82) is 0 Å². The normalized spacial score (nSPS) is 10.9. The first kappa shape index (κ1) is 7.49. The van der Waals surface area contributed by atoms with Crippen LogP contribution in [0.3, 0.4) is 0 Å². The monoisotopic (exact) mass is 182 g/mol. The van der Waals surface area contributed by atoms with Gasteiger partial charge in [-0.1, -0.05) is 16.8 Å². The molecule has 0 saturated heterocycles. The molecule has 0 spiro atoms. The van der Waals surface area contributed by atoms with Crippen molar-refractivity contribution in [2.24, 2.45) is 7.05 Å². The molecule has 0 N–H and O–H groups in total. The summed E-state index contributed by atoms with van der Waals surface area (Å²) in [6.45, 7) is 1.88. The Kier molecular flexibility index (Phi) is 1.51. The minimum Gasteiger partial charge on any atom is -0.246 e. The third-order valence-electron chi connectivity index (χ3n) is 1.83. The molecule has 0 bridgehead atoms. The van der Waals surface area contributed by atoms with Crippen molar-refractivity contribution in [3.8, 4) is 0 Å². The number of pyridine rings is 1. The summed E-state index contributed by atoms with van der Waals surface area (Å²) in [4.78, 5) is 4.00. The number of rotatable bonds is 0. The third kappa shape index (κ3) is 0.881. The van der Waals surface area contributed by atoms with Crippen LogP contribution in [0, 0.1) is 6.92 Å². The van der Waals surface area contributed by atoms with E-state index in [4.69, 9.17) is 11.6 Å². The number of hydrogen-bond acceptors (Lipinski definition) is 3. The molecular weight excluding hydrogens is 176 g/mol. The smallest absolute Gasteiger partial charge is 0.134 e. The highest BCUT2D eigenvalue weighted by atomic mass is 35.5. The zero-order valence-electron chi connectivity index (χ0n) is 6.74. The summed E-state index contributed by atoms with van der Waals surface area (Å²) in [5, 5.41) is 8.32. The number of halogens is 1. The summed E-state index contributed by atoms with van der Waals surface area (Å²) >= 11 is 5.81. The minimum atomic E-state index is 0.489. The number of aromatic nitrogens is 4. The molecule has 4 nitrogen and oxygen atoms in total. The second kappa shape index (κ2) is 2.42. The zero-order chi connectivity index (χ0) is 8.72. The van der Waals surface area contributed by atoms with Crippen molar-refractivity contribution in [2.45, 2.75) is 6.92 Å². The average molecular weight is 183 g/mol. The average Bonchev–Trinajstić information content (AvgIpc) is 2.41. The SMILES string of the molecule is Cc1c(Cl)ncc2c1nnn2C. The predicted octanol–water partition coefficient (Wildman–Crippen LogP) is 1.33. The molecule has 2 aromatic heterocycles. The Morgan fingerprint density at radius 1 is 1.50 bits per heavy atom. The molecule has 62 valence electrons. The fourth-order valence-electron chi connectivity index (χ4n) is 1.09. The van der Waals surface area contributed by atoms with E-state index in [9.17, 15) is 0 Å². The van der Waals surface area contributed by atoms with Crippen molar-refractivity contribution in [2.75, 3.05) is 0 Å². The van der Waals surface area contributed by atoms with Crippen LogP contribution in [-0.2, 0) is 7.05 Å². The van der Waals surface area contributed by atoms with Gasteiger partial charge in [0.05, 0.1) is 6.20 Å². The maximum Gasteiger partial charge on any atom is 0.134 e. The van der Waals surface area contributed by atoms with Gasteiger partial charge in [-0.05, 0) is 6.92 Å². The minimum absolute atomic E-state index is 0.489. The topological polar surface area (TPSA) is 43.6 Å². The van der Waals surface area contributed by atoms with Gasteiger partial charge in [-0.3, -0.25) is 0 Å². The molecule has 0 aliphatic carbocycles. The van der Waals surface area contributed by atoms with Gasteiger partial charge in [0.15, 0.2) is 0 Å². The summed E-state index contributed by atoms with van der Waals surface area (Å²) in [5.41, 5.74) is 2.59. The van der Waals surface area contributed by atoms with Gasteiger partial charge in [-0.25, -0.2) is 9.67 Å². The molecular formula is C7H7ClN4. The Hall–Kier alpha value is -1.16. The lowest BCUT2D eigenvalue weighted by atomic mass is 10.3. The summed E-state index contributed by atoms with van der Waals surface area (Å²) in [6.07, 6.45) is 1.67. The van der Waals surface area contributed by atoms with E-state index in [1.165, 1.54) is 0 Å². The first-order chi connectivity index (χ1) is 5.70. The number of fused-ring (bicyclic) bond motifs is 1. The third-order valence-corrected chi connectivity index (χ3v) is 2.22. The Balaban J connectivity index is 2.93. The number of nitrogens with zero attached hydrogens (tertiary/aromatic N) is 4. The van der Waals surface area contributed by atoms with E-state index in [0.29, 0.717) is 5.15 Å². The van der Waals surface area contributed by atoms with Gasteiger partial charge < -0.3 is 0 Å². The highest BCUT2D eigenvalue weighted by molar-refractivity contribution is 6.30. The Labute approximate surface area is 74.2 Å². The Morgan fingerprint density at radius 3 is 3.00 bits per heavy atom. The lowest BCUT2D eigenvalue weighted by Crippen LogP contribution is -1.90. The van der Waals surface area contributed by atoms with Crippen molar-refractivity contribution < 1.29 is 0 Å². The fourth-order valence-corrected chi connectivity index (χ4v) is 1.23. The zero-order valence-corrected chi connectivity index (χ0v) is 7.50. The summed E-state index contributed by atoms with van der Waals surface area (Å²) in [6, 6.07) is 0. The van der Waals surface area contributed by atoms with Gasteiger partial charge in [-0.15, -0.1) is 5.10 Å². The second-order valence-corrected chi connectivity index (χ2v) is 2.98. The van der Waals surface area contributed by atoms with E-state index in [-0.39, 0.29) is 0 Å². The molecule has 2 aromatic rings. The molecule has 0 radical (unpaired) electrons. The van der Waals surface area contributed by atoms with Crippen molar-refractivity contribution in [3.05, 3.63) is 16.9 Å². The van der Waals surface area contributed by atoms with Gasteiger partial charge in [0.25, 0.3) is 0 Å². The van der Waals surface area contributed by atoms with Crippen LogP contribution >= 0.6 is 11.6 Å². The molecule has 0 unspecified atom stereocenters. The second-order valence-electron chi connectivity index (χ2n) is 2.62. The van der Waals surface area contributed by atoms with Crippen LogP contribution in [0.1, 0.15) is 5.56 Å². The van der Waals surface area contributed by atoms with E-state index in [2.05, 4.69) is 15.3 Å². The van der Waals surface area contributed by atoms with Crippen LogP contribution in [0.2, 0.25) is 5.15 Å². The van der Waals surface area contributed by atoms with Crippen LogP contribution in [0.25, 0.3) is 11.0 Å². The van der Waals surface area contributed by atoms with Crippen molar-refractivity contribution >= 4 is 22.6 Å². The molecule has 0 atom stereocenters. The molecule has 0 saturated carbocycles. The largest absolute Gasteiger partial charge is 0.246 e. The molecule has 2 rings (SSSR count). The molecule has 0 fully saturated rings. The fraction of sp³-hybridized carbons (Fsp3) is 0.286. The van der Waals surface area contributed by atoms with E-state index in [1.807, 2.05) is 14.0 Å². The summed E-state index contributed by atoms with van der Waals surface area (Å²) in [7, 11) is 1.82. The first-order valence-corrected chi connectivity index (χ1v) is 3.88. The van der Waals surface area contributed by atoms with Gasteiger partial charge in [-0.2, -0.15) is 0 Å². The summed E-state index contributed by atoms with van der Waals surface area (Å²) < 4.78 is 1.67. The van der Waals surface area contributed by atoms with Crippen molar-refractivity contribution in [3.63, 3.8) is 0 Å². The standard InChI is InChI=1S/C7H7ClN4/c1-4-6-5(3-9-7(4)8)12(2)11-10-6/h3H,1-2H3. The summed E-state index contributed by atoms with van der Waals surface area (Å²) in [5.74, 6) is 0. The van der Waals surface area contributed by atoms with E-state index in [1.54, 1.807) is 10.9 Å². The quantitative estimate of drug-likeness (QED) is 0.578. The molecule has 0 aromatic carbocycles. The Morgan fingerprint density at radius 2 is 2.25 bits per heavy atom. The van der Waals surface area contributed by atoms with E-state index < -0.39 is 0 Å². The van der Waals surface area contributed by atoms with Crippen LogP contribution in [0.5, 0.6) is 0 Å². The van der Waals surface area contributed by atoms with Crippen LogP contribution in [-0.4, -0.2) is 20.0 Å². The van der Waals surface area contributed by atoms with Crippen LogP contribution < -0.4 is 0 Å². The van der Waals surface area contributed by atoms with Gasteiger partial charge >= 0.3 is 0 Å². The van der Waals surface area contributed by atoms with E-state index in [0.717, 1.165) is 16.6 Å². The lowest BCUT2D eigenvalue weighted by Gasteiger charge is -1.96. The number of hydrogen-bond donors (Lipinski definition) is 0. The van der Waals surface area contributed by atoms with Gasteiger partial charge in [0.1, 0.15) is 16.2 Å². The lowest BCUT2D eigenvalue weighted by molar-refractivity contribution is 0.735. The van der Waals surface area contributed by atoms with Gasteiger partial charge in [0, 0.05) is 12.6 Å². The maximum atomic E-state index is 5.81. The molecule has 2 heterocycles. The predicted molar refractivity (Wildman–Crippen MR) is 46.1 cm³/mol. The number of aryl methyl sites for hydroxylation is 2. The highest BCUT2D eigenvalue weighted by Crippen LogP contribution is 2.19. The molecule has 0 amide bonds. The molecule has 12 heavy (non-hydrogen) atoms. The first-order valence-electron chi connectivity index (χ1n) is 3.50. The highest BCUT2D eigenvalue weighted by Gasteiger charge is 2.07.